The number of halogens is 1. The van der Waals surface area contributed by atoms with Gasteiger partial charge in [0.2, 0.25) is 0 Å². The number of aliphatic hydroxyl groups is 1. The smallest absolute Gasteiger partial charge is 0.258 e. The van der Waals surface area contributed by atoms with E-state index in [1.54, 1.807) is 49.4 Å². The van der Waals surface area contributed by atoms with E-state index in [0.29, 0.717) is 22.1 Å². The summed E-state index contributed by atoms with van der Waals surface area (Å²) in [5.74, 6) is 0.412. The zero-order chi connectivity index (χ0) is 17.7. The number of amides is 1. The van der Waals surface area contributed by atoms with Crippen molar-refractivity contribution < 1.29 is 19.4 Å². The molecule has 24 heavy (non-hydrogen) atoms. The molecule has 2 aromatic rings. The second-order valence-electron chi connectivity index (χ2n) is 5.50. The molecule has 1 amide bonds. The summed E-state index contributed by atoms with van der Waals surface area (Å²) in [4.78, 5) is 12.5. The van der Waals surface area contributed by atoms with Gasteiger partial charge in [0, 0.05) is 5.02 Å². The Kier molecular flexibility index (Phi) is 5.70. The Balaban J connectivity index is 2.17. The molecule has 6 heteroatoms. The van der Waals surface area contributed by atoms with Gasteiger partial charge in [-0.2, -0.15) is 0 Å². The highest BCUT2D eigenvalue weighted by atomic mass is 35.5. The molecule has 1 atom stereocenters. The molecule has 2 rings (SSSR count). The number of rotatable bonds is 6. The molecular formula is C18H20ClNO4. The third-order valence-electron chi connectivity index (χ3n) is 3.71. The van der Waals surface area contributed by atoms with E-state index in [1.165, 1.54) is 14.2 Å². The van der Waals surface area contributed by atoms with Gasteiger partial charge in [-0.05, 0) is 36.8 Å². The van der Waals surface area contributed by atoms with Gasteiger partial charge in [0.1, 0.15) is 22.7 Å². The molecule has 0 bridgehead atoms. The molecule has 0 heterocycles. The lowest BCUT2D eigenvalue weighted by Gasteiger charge is -2.24. The van der Waals surface area contributed by atoms with Gasteiger partial charge in [-0.3, -0.25) is 4.79 Å². The van der Waals surface area contributed by atoms with Gasteiger partial charge in [-0.25, -0.2) is 0 Å². The third-order valence-corrected chi connectivity index (χ3v) is 3.97. The van der Waals surface area contributed by atoms with Gasteiger partial charge in [-0.1, -0.05) is 29.8 Å². The molecule has 0 saturated heterocycles. The normalized spacial score (nSPS) is 13.0. The zero-order valence-electron chi connectivity index (χ0n) is 13.8. The van der Waals surface area contributed by atoms with E-state index in [9.17, 15) is 9.90 Å². The maximum atomic E-state index is 12.5. The van der Waals surface area contributed by atoms with Gasteiger partial charge in [-0.15, -0.1) is 0 Å². The van der Waals surface area contributed by atoms with Crippen molar-refractivity contribution >= 4 is 17.5 Å². The first-order chi connectivity index (χ1) is 11.4. The summed E-state index contributed by atoms with van der Waals surface area (Å²) in [5.41, 5.74) is -0.302. The fraction of sp³-hybridized carbons (Fsp3) is 0.278. The van der Waals surface area contributed by atoms with E-state index in [4.69, 9.17) is 21.1 Å². The van der Waals surface area contributed by atoms with Crippen LogP contribution >= 0.6 is 11.6 Å². The molecule has 2 aromatic carbocycles. The lowest BCUT2D eigenvalue weighted by Crippen LogP contribution is -2.38. The molecule has 5 nitrogen and oxygen atoms in total. The highest BCUT2D eigenvalue weighted by molar-refractivity contribution is 6.30. The monoisotopic (exact) mass is 349 g/mol. The Morgan fingerprint density at radius 2 is 1.67 bits per heavy atom. The fourth-order valence-corrected chi connectivity index (χ4v) is 2.45. The lowest BCUT2D eigenvalue weighted by molar-refractivity contribution is 0.0524. The Hall–Kier alpha value is -2.24. The van der Waals surface area contributed by atoms with E-state index in [1.807, 2.05) is 0 Å². The van der Waals surface area contributed by atoms with Crippen LogP contribution in [0.4, 0.5) is 0 Å². The molecule has 2 N–H and O–H groups in total. The predicted molar refractivity (Wildman–Crippen MR) is 92.9 cm³/mol. The van der Waals surface area contributed by atoms with Crippen LogP contribution in [0.3, 0.4) is 0 Å². The maximum absolute atomic E-state index is 12.5. The minimum Gasteiger partial charge on any atom is -0.496 e. The molecular weight excluding hydrogens is 330 g/mol. The Morgan fingerprint density at radius 1 is 1.12 bits per heavy atom. The van der Waals surface area contributed by atoms with Crippen molar-refractivity contribution in [1.29, 1.82) is 0 Å². The third kappa shape index (κ3) is 3.99. The number of carbonyl (C=O) groups excluding carboxylic acids is 1. The number of benzene rings is 2. The molecule has 0 aliphatic heterocycles. The summed E-state index contributed by atoms with van der Waals surface area (Å²) in [6.45, 7) is 1.64. The summed E-state index contributed by atoms with van der Waals surface area (Å²) >= 11 is 5.86. The average molecular weight is 350 g/mol. The highest BCUT2D eigenvalue weighted by Gasteiger charge is 2.26. The number of ether oxygens (including phenoxy) is 2. The van der Waals surface area contributed by atoms with Crippen molar-refractivity contribution in [2.24, 2.45) is 0 Å². The highest BCUT2D eigenvalue weighted by Crippen LogP contribution is 2.28. The topological polar surface area (TPSA) is 67.8 Å². The van der Waals surface area contributed by atoms with Crippen LogP contribution < -0.4 is 14.8 Å². The first-order valence-corrected chi connectivity index (χ1v) is 7.74. The number of nitrogens with one attached hydrogen (secondary N) is 1. The van der Waals surface area contributed by atoms with Crippen LogP contribution in [-0.2, 0) is 5.60 Å². The lowest BCUT2D eigenvalue weighted by atomic mass is 9.96. The summed E-state index contributed by atoms with van der Waals surface area (Å²) in [6, 6.07) is 11.9. The van der Waals surface area contributed by atoms with Crippen molar-refractivity contribution in [3.8, 4) is 11.5 Å². The van der Waals surface area contributed by atoms with Crippen LogP contribution in [0.1, 0.15) is 22.8 Å². The molecule has 0 aliphatic rings. The molecule has 0 aromatic heterocycles. The number of hydrogen-bond acceptors (Lipinski definition) is 4. The molecule has 0 spiro atoms. The van der Waals surface area contributed by atoms with Gasteiger partial charge >= 0.3 is 0 Å². The number of carbonyl (C=O) groups is 1. The van der Waals surface area contributed by atoms with E-state index >= 15 is 0 Å². The van der Waals surface area contributed by atoms with E-state index in [2.05, 4.69) is 5.32 Å². The largest absolute Gasteiger partial charge is 0.496 e. The summed E-state index contributed by atoms with van der Waals surface area (Å²) < 4.78 is 10.4. The van der Waals surface area contributed by atoms with E-state index in [-0.39, 0.29) is 12.1 Å². The number of hydrogen-bond donors (Lipinski definition) is 2. The SMILES string of the molecule is COc1cccc(OC)c1C(=O)NCC(C)(O)c1ccc(Cl)cc1. The standard InChI is InChI=1S/C18H20ClNO4/c1-18(22,12-7-9-13(19)10-8-12)11-20-17(21)16-14(23-2)5-4-6-15(16)24-3/h4-10,22H,11H2,1-3H3,(H,20,21). The quantitative estimate of drug-likeness (QED) is 0.841. The molecule has 0 saturated carbocycles. The summed E-state index contributed by atoms with van der Waals surface area (Å²) in [5, 5.41) is 13.9. The van der Waals surface area contributed by atoms with Crippen molar-refractivity contribution in [3.05, 3.63) is 58.6 Å². The van der Waals surface area contributed by atoms with Crippen LogP contribution in [0.15, 0.2) is 42.5 Å². The molecule has 1 unspecified atom stereocenters. The van der Waals surface area contributed by atoms with Crippen LogP contribution in [-0.4, -0.2) is 31.8 Å². The summed E-state index contributed by atoms with van der Waals surface area (Å²) in [6.07, 6.45) is 0. The Bertz CT molecular complexity index is 691. The van der Waals surface area contributed by atoms with Gasteiger partial charge < -0.3 is 19.9 Å². The van der Waals surface area contributed by atoms with Crippen LogP contribution in [0, 0.1) is 0 Å². The van der Waals surface area contributed by atoms with Crippen LogP contribution in [0.25, 0.3) is 0 Å². The summed E-state index contributed by atoms with van der Waals surface area (Å²) in [7, 11) is 2.96. The van der Waals surface area contributed by atoms with Crippen LogP contribution in [0.5, 0.6) is 11.5 Å². The molecule has 0 radical (unpaired) electrons. The van der Waals surface area contributed by atoms with Crippen molar-refractivity contribution in [3.63, 3.8) is 0 Å². The van der Waals surface area contributed by atoms with Crippen molar-refractivity contribution in [2.45, 2.75) is 12.5 Å². The van der Waals surface area contributed by atoms with Crippen molar-refractivity contribution in [1.82, 2.24) is 5.32 Å². The fourth-order valence-electron chi connectivity index (χ4n) is 2.33. The molecule has 0 aliphatic carbocycles. The maximum Gasteiger partial charge on any atom is 0.258 e. The van der Waals surface area contributed by atoms with Crippen molar-refractivity contribution in [2.75, 3.05) is 20.8 Å². The van der Waals surface area contributed by atoms with Gasteiger partial charge in [0.05, 0.1) is 20.8 Å². The second-order valence-corrected chi connectivity index (χ2v) is 5.94. The molecule has 128 valence electrons. The van der Waals surface area contributed by atoms with E-state index < -0.39 is 11.5 Å². The van der Waals surface area contributed by atoms with Gasteiger partial charge in [0.15, 0.2) is 0 Å². The Morgan fingerprint density at radius 3 is 2.17 bits per heavy atom. The van der Waals surface area contributed by atoms with Crippen LogP contribution in [0.2, 0.25) is 5.02 Å². The minimum atomic E-state index is -1.24. The molecule has 0 fully saturated rings. The zero-order valence-corrected chi connectivity index (χ0v) is 14.6. The average Bonchev–Trinajstić information content (AvgIpc) is 2.59. The minimum absolute atomic E-state index is 0.0225. The van der Waals surface area contributed by atoms with E-state index in [0.717, 1.165) is 0 Å². The predicted octanol–water partition coefficient (Wildman–Crippen LogP) is 2.99. The number of methoxy groups -OCH3 is 2. The first kappa shape index (κ1) is 18.1. The van der Waals surface area contributed by atoms with Gasteiger partial charge in [0.25, 0.3) is 5.91 Å². The Labute approximate surface area is 146 Å². The first-order valence-electron chi connectivity index (χ1n) is 7.36. The second kappa shape index (κ2) is 7.55.